The number of benzene rings is 1. The van der Waals surface area contributed by atoms with Crippen LogP contribution in [0.4, 0.5) is 5.69 Å². The summed E-state index contributed by atoms with van der Waals surface area (Å²) in [6.45, 7) is 2.92. The number of carboxylic acids is 1. The van der Waals surface area contributed by atoms with Crippen molar-refractivity contribution in [3.63, 3.8) is 0 Å². The molecule has 1 aromatic rings. The Labute approximate surface area is 99.8 Å². The van der Waals surface area contributed by atoms with Gasteiger partial charge in [-0.1, -0.05) is 18.2 Å². The van der Waals surface area contributed by atoms with Crippen LogP contribution in [-0.4, -0.2) is 29.1 Å². The van der Waals surface area contributed by atoms with Gasteiger partial charge in [0, 0.05) is 5.69 Å². The molecular weight excluding hydrogens is 220 g/mol. The molecule has 1 rings (SSSR count). The van der Waals surface area contributed by atoms with Crippen molar-refractivity contribution in [3.8, 4) is 0 Å². The lowest BCUT2D eigenvalue weighted by Gasteiger charge is -2.21. The second kappa shape index (κ2) is 5.34. The van der Waals surface area contributed by atoms with Gasteiger partial charge in [-0.15, -0.1) is 0 Å². The van der Waals surface area contributed by atoms with E-state index in [1.165, 1.54) is 13.8 Å². The van der Waals surface area contributed by atoms with E-state index in [4.69, 9.17) is 5.11 Å². The molecule has 0 saturated heterocycles. The first kappa shape index (κ1) is 13.0. The number of aliphatic carboxylic acids is 1. The number of carboxylic acid groups (broad SMARTS) is 1. The minimum Gasteiger partial charge on any atom is -0.480 e. The van der Waals surface area contributed by atoms with Gasteiger partial charge in [0.05, 0.1) is 6.54 Å². The van der Waals surface area contributed by atoms with E-state index in [9.17, 15) is 9.59 Å². The molecule has 1 amide bonds. The Morgan fingerprint density at radius 2 is 1.82 bits per heavy atom. The molecule has 5 nitrogen and oxygen atoms in total. The predicted molar refractivity (Wildman–Crippen MR) is 64.8 cm³/mol. The van der Waals surface area contributed by atoms with Crippen LogP contribution in [0.5, 0.6) is 0 Å². The number of hydrogen-bond donors (Lipinski definition) is 3. The molecule has 0 atom stereocenters. The molecule has 0 aliphatic carbocycles. The molecule has 1 aromatic carbocycles. The first-order valence-corrected chi connectivity index (χ1v) is 5.25. The van der Waals surface area contributed by atoms with Crippen LogP contribution in [0.2, 0.25) is 0 Å². The third kappa shape index (κ3) is 4.14. The van der Waals surface area contributed by atoms with Crippen molar-refractivity contribution in [2.24, 2.45) is 0 Å². The normalized spacial score (nSPS) is 10.7. The maximum atomic E-state index is 11.5. The van der Waals surface area contributed by atoms with Crippen LogP contribution in [0.1, 0.15) is 13.8 Å². The van der Waals surface area contributed by atoms with E-state index in [2.05, 4.69) is 10.6 Å². The molecule has 0 spiro atoms. The van der Waals surface area contributed by atoms with Crippen molar-refractivity contribution < 1.29 is 14.7 Å². The van der Waals surface area contributed by atoms with Gasteiger partial charge in [-0.25, -0.2) is 4.79 Å². The molecule has 0 radical (unpaired) electrons. The number of rotatable bonds is 5. The molecule has 0 heterocycles. The monoisotopic (exact) mass is 236 g/mol. The summed E-state index contributed by atoms with van der Waals surface area (Å²) in [4.78, 5) is 22.3. The summed E-state index contributed by atoms with van der Waals surface area (Å²) in [5.41, 5.74) is -0.439. The Morgan fingerprint density at radius 3 is 2.35 bits per heavy atom. The number of anilines is 1. The van der Waals surface area contributed by atoms with Gasteiger partial charge in [-0.2, -0.15) is 0 Å². The van der Waals surface area contributed by atoms with E-state index in [1.807, 2.05) is 30.3 Å². The van der Waals surface area contributed by atoms with E-state index in [0.29, 0.717) is 0 Å². The first-order chi connectivity index (χ1) is 7.92. The summed E-state index contributed by atoms with van der Waals surface area (Å²) in [5, 5.41) is 14.2. The van der Waals surface area contributed by atoms with E-state index >= 15 is 0 Å². The zero-order valence-electron chi connectivity index (χ0n) is 9.86. The molecule has 17 heavy (non-hydrogen) atoms. The Kier molecular flexibility index (Phi) is 4.09. The molecule has 5 heteroatoms. The maximum absolute atomic E-state index is 11.5. The van der Waals surface area contributed by atoms with Gasteiger partial charge >= 0.3 is 5.97 Å². The van der Waals surface area contributed by atoms with Gasteiger partial charge in [0.2, 0.25) is 5.91 Å². The van der Waals surface area contributed by atoms with E-state index in [0.717, 1.165) is 5.69 Å². The Hall–Kier alpha value is -2.04. The van der Waals surface area contributed by atoms with Crippen LogP contribution in [0.25, 0.3) is 0 Å². The summed E-state index contributed by atoms with van der Waals surface area (Å²) >= 11 is 0. The SMILES string of the molecule is CC(C)(NC(=O)CNc1ccccc1)C(=O)O. The van der Waals surface area contributed by atoms with Gasteiger partial charge in [-0.3, -0.25) is 4.79 Å². The molecule has 0 bridgehead atoms. The number of nitrogens with one attached hydrogen (secondary N) is 2. The molecule has 0 unspecified atom stereocenters. The minimum atomic E-state index is -1.25. The van der Waals surface area contributed by atoms with Crippen molar-refractivity contribution >= 4 is 17.6 Å². The number of para-hydroxylation sites is 1. The topological polar surface area (TPSA) is 78.4 Å². The predicted octanol–water partition coefficient (Wildman–Crippen LogP) is 1.08. The number of carbonyl (C=O) groups is 2. The Bertz CT molecular complexity index is 401. The second-order valence-electron chi connectivity index (χ2n) is 4.20. The van der Waals surface area contributed by atoms with Crippen LogP contribution in [0, 0.1) is 0 Å². The van der Waals surface area contributed by atoms with E-state index in [1.54, 1.807) is 0 Å². The van der Waals surface area contributed by atoms with Crippen molar-refractivity contribution in [1.29, 1.82) is 0 Å². The van der Waals surface area contributed by atoms with Crippen molar-refractivity contribution in [1.82, 2.24) is 5.32 Å². The summed E-state index contributed by atoms with van der Waals surface area (Å²) < 4.78 is 0. The van der Waals surface area contributed by atoms with Crippen LogP contribution in [0.15, 0.2) is 30.3 Å². The van der Waals surface area contributed by atoms with Crippen LogP contribution < -0.4 is 10.6 Å². The number of amides is 1. The molecular formula is C12H16N2O3. The second-order valence-corrected chi connectivity index (χ2v) is 4.20. The zero-order chi connectivity index (χ0) is 12.9. The average Bonchev–Trinajstić information content (AvgIpc) is 2.27. The summed E-state index contributed by atoms with van der Waals surface area (Å²) in [5.74, 6) is -1.42. The van der Waals surface area contributed by atoms with Gasteiger partial charge < -0.3 is 15.7 Å². The highest BCUT2D eigenvalue weighted by Crippen LogP contribution is 2.05. The summed E-state index contributed by atoms with van der Waals surface area (Å²) in [7, 11) is 0. The molecule has 0 aliphatic heterocycles. The number of hydrogen-bond acceptors (Lipinski definition) is 3. The summed E-state index contributed by atoms with van der Waals surface area (Å²) in [6, 6.07) is 9.23. The fraction of sp³-hybridized carbons (Fsp3) is 0.333. The van der Waals surface area contributed by atoms with Gasteiger partial charge in [0.25, 0.3) is 0 Å². The van der Waals surface area contributed by atoms with Crippen LogP contribution in [-0.2, 0) is 9.59 Å². The Morgan fingerprint density at radius 1 is 1.24 bits per heavy atom. The lowest BCUT2D eigenvalue weighted by Crippen LogP contribution is -2.51. The minimum absolute atomic E-state index is 0.0424. The lowest BCUT2D eigenvalue weighted by atomic mass is 10.1. The largest absolute Gasteiger partial charge is 0.480 e. The van der Waals surface area contributed by atoms with E-state index in [-0.39, 0.29) is 12.5 Å². The van der Waals surface area contributed by atoms with Gasteiger partial charge in [0.15, 0.2) is 0 Å². The Balaban J connectivity index is 2.44. The zero-order valence-corrected chi connectivity index (χ0v) is 9.86. The standard InChI is InChI=1S/C12H16N2O3/c1-12(2,11(16)17)14-10(15)8-13-9-6-4-3-5-7-9/h3-7,13H,8H2,1-2H3,(H,14,15)(H,16,17). The third-order valence-electron chi connectivity index (χ3n) is 2.21. The smallest absolute Gasteiger partial charge is 0.328 e. The quantitative estimate of drug-likeness (QED) is 0.714. The fourth-order valence-corrected chi connectivity index (χ4v) is 1.18. The van der Waals surface area contributed by atoms with Gasteiger partial charge in [0.1, 0.15) is 5.54 Å². The maximum Gasteiger partial charge on any atom is 0.328 e. The molecule has 0 aliphatic rings. The first-order valence-electron chi connectivity index (χ1n) is 5.25. The van der Waals surface area contributed by atoms with Crippen molar-refractivity contribution in [2.75, 3.05) is 11.9 Å². The van der Waals surface area contributed by atoms with Crippen LogP contribution in [0.3, 0.4) is 0 Å². The molecule has 92 valence electrons. The molecule has 0 saturated carbocycles. The van der Waals surface area contributed by atoms with Crippen LogP contribution >= 0.6 is 0 Å². The fourth-order valence-electron chi connectivity index (χ4n) is 1.18. The molecule has 3 N–H and O–H groups in total. The highest BCUT2D eigenvalue weighted by molar-refractivity contribution is 5.88. The van der Waals surface area contributed by atoms with Gasteiger partial charge in [-0.05, 0) is 26.0 Å². The highest BCUT2D eigenvalue weighted by atomic mass is 16.4. The highest BCUT2D eigenvalue weighted by Gasteiger charge is 2.28. The average molecular weight is 236 g/mol. The number of carbonyl (C=O) groups excluding carboxylic acids is 1. The lowest BCUT2D eigenvalue weighted by molar-refractivity contribution is -0.145. The summed E-state index contributed by atoms with van der Waals surface area (Å²) in [6.07, 6.45) is 0. The van der Waals surface area contributed by atoms with Crippen molar-refractivity contribution in [2.45, 2.75) is 19.4 Å². The molecule has 0 fully saturated rings. The molecule has 0 aromatic heterocycles. The van der Waals surface area contributed by atoms with E-state index < -0.39 is 11.5 Å². The van der Waals surface area contributed by atoms with Crippen molar-refractivity contribution in [3.05, 3.63) is 30.3 Å². The third-order valence-corrected chi connectivity index (χ3v) is 2.21.